The molecule has 1 aliphatic heterocycles. The smallest absolute Gasteiger partial charge is 0.326 e. The number of nitrogens with one attached hydrogen (secondary N) is 1. The number of carboxylic acids is 1. The van der Waals surface area contributed by atoms with Crippen molar-refractivity contribution < 1.29 is 24.2 Å². The molecule has 0 fully saturated rings. The Labute approximate surface area is 186 Å². The van der Waals surface area contributed by atoms with Gasteiger partial charge in [-0.2, -0.15) is 11.8 Å². The first-order valence-corrected chi connectivity index (χ1v) is 11.5. The van der Waals surface area contributed by atoms with Gasteiger partial charge >= 0.3 is 12.0 Å². The predicted octanol–water partition coefficient (Wildman–Crippen LogP) is 3.57. The Kier molecular flexibility index (Phi) is 7.68. The summed E-state index contributed by atoms with van der Waals surface area (Å²) in [6, 6.07) is 11.9. The molecule has 1 aliphatic rings. The van der Waals surface area contributed by atoms with Crippen molar-refractivity contribution in [3.63, 3.8) is 0 Å². The highest BCUT2D eigenvalue weighted by Crippen LogP contribution is 2.41. The number of nitrogens with zero attached hydrogens (tertiary/aromatic N) is 1. The molecule has 2 atom stereocenters. The summed E-state index contributed by atoms with van der Waals surface area (Å²) in [7, 11) is 3.18. The van der Waals surface area contributed by atoms with Crippen LogP contribution in [0.4, 0.5) is 4.79 Å². The number of methoxy groups -OCH3 is 2. The van der Waals surface area contributed by atoms with E-state index in [4.69, 9.17) is 9.47 Å². The number of ether oxygens (including phenoxy) is 2. The van der Waals surface area contributed by atoms with Crippen LogP contribution in [0.25, 0.3) is 0 Å². The topological polar surface area (TPSA) is 88.1 Å². The highest BCUT2D eigenvalue weighted by Gasteiger charge is 2.34. The molecule has 1 unspecified atom stereocenters. The van der Waals surface area contributed by atoms with Gasteiger partial charge in [0.25, 0.3) is 0 Å². The minimum absolute atomic E-state index is 0.361. The van der Waals surface area contributed by atoms with Crippen molar-refractivity contribution in [2.75, 3.05) is 32.8 Å². The van der Waals surface area contributed by atoms with Crippen LogP contribution in [-0.2, 0) is 11.2 Å². The van der Waals surface area contributed by atoms with Gasteiger partial charge in [0.15, 0.2) is 11.5 Å². The molecule has 0 aliphatic carbocycles. The van der Waals surface area contributed by atoms with Crippen molar-refractivity contribution in [2.45, 2.75) is 24.9 Å². The van der Waals surface area contributed by atoms with E-state index in [1.165, 1.54) is 0 Å². The second-order valence-corrected chi connectivity index (χ2v) is 8.27. The number of benzene rings is 2. The minimum Gasteiger partial charge on any atom is -0.493 e. The van der Waals surface area contributed by atoms with E-state index < -0.39 is 12.0 Å². The molecule has 8 heteroatoms. The molecule has 0 saturated carbocycles. The largest absolute Gasteiger partial charge is 0.493 e. The van der Waals surface area contributed by atoms with E-state index in [1.807, 2.05) is 48.7 Å². The summed E-state index contributed by atoms with van der Waals surface area (Å²) in [5.74, 6) is 0.864. The summed E-state index contributed by atoms with van der Waals surface area (Å²) in [4.78, 5) is 26.6. The first-order valence-electron chi connectivity index (χ1n) is 10.1. The van der Waals surface area contributed by atoms with Crippen LogP contribution in [0.15, 0.2) is 42.5 Å². The first kappa shape index (κ1) is 22.8. The van der Waals surface area contributed by atoms with Gasteiger partial charge in [0.1, 0.15) is 6.04 Å². The molecule has 7 nitrogen and oxygen atoms in total. The molecular formula is C23H28N2O5S. The van der Waals surface area contributed by atoms with Crippen LogP contribution in [0.3, 0.4) is 0 Å². The maximum atomic E-state index is 13.2. The van der Waals surface area contributed by atoms with Gasteiger partial charge in [-0.3, -0.25) is 0 Å². The average Bonchev–Trinajstić information content (AvgIpc) is 2.80. The van der Waals surface area contributed by atoms with Crippen molar-refractivity contribution in [1.29, 1.82) is 0 Å². The zero-order valence-corrected chi connectivity index (χ0v) is 18.8. The number of hydrogen-bond donors (Lipinski definition) is 2. The lowest BCUT2D eigenvalue weighted by molar-refractivity contribution is -0.139. The molecule has 0 spiro atoms. The van der Waals surface area contributed by atoms with Gasteiger partial charge < -0.3 is 24.8 Å². The molecular weight excluding hydrogens is 416 g/mol. The van der Waals surface area contributed by atoms with E-state index >= 15 is 0 Å². The second-order valence-electron chi connectivity index (χ2n) is 7.28. The fraction of sp³-hybridized carbons (Fsp3) is 0.391. The van der Waals surface area contributed by atoms with E-state index in [0.29, 0.717) is 36.6 Å². The monoisotopic (exact) mass is 444 g/mol. The van der Waals surface area contributed by atoms with Gasteiger partial charge in [-0.25, -0.2) is 9.59 Å². The summed E-state index contributed by atoms with van der Waals surface area (Å²) in [6.45, 7) is 0.461. The standard InChI is InChI=1S/C23H28N2O5S/c1-29-19-13-16-9-11-25(23(28)24-18(22(26)27)10-12-31-3)21(15-7-5-4-6-8-15)17(16)14-20(19)30-2/h4-8,13-14,18,21H,9-12H2,1-3H3,(H,24,28)(H,26,27)/t18-,21?/m0/s1. The van der Waals surface area contributed by atoms with E-state index in [1.54, 1.807) is 30.9 Å². The Morgan fingerprint density at radius 1 is 1.19 bits per heavy atom. The fourth-order valence-corrected chi connectivity index (χ4v) is 4.36. The molecule has 166 valence electrons. The third kappa shape index (κ3) is 5.07. The van der Waals surface area contributed by atoms with Crippen molar-refractivity contribution in [2.24, 2.45) is 0 Å². The van der Waals surface area contributed by atoms with Crippen LogP contribution < -0.4 is 14.8 Å². The number of hydrogen-bond acceptors (Lipinski definition) is 5. The Morgan fingerprint density at radius 2 is 1.87 bits per heavy atom. The molecule has 2 aromatic rings. The Hall–Kier alpha value is -2.87. The molecule has 2 amide bonds. The van der Waals surface area contributed by atoms with Crippen LogP contribution in [0.5, 0.6) is 11.5 Å². The summed E-state index contributed by atoms with van der Waals surface area (Å²) < 4.78 is 10.9. The van der Waals surface area contributed by atoms with Crippen LogP contribution in [-0.4, -0.2) is 60.8 Å². The Morgan fingerprint density at radius 3 is 2.48 bits per heavy atom. The minimum atomic E-state index is -1.03. The molecule has 0 aromatic heterocycles. The average molecular weight is 445 g/mol. The lowest BCUT2D eigenvalue weighted by Gasteiger charge is -2.38. The summed E-state index contributed by atoms with van der Waals surface area (Å²) in [5, 5.41) is 12.3. The van der Waals surface area contributed by atoms with Gasteiger partial charge in [0, 0.05) is 6.54 Å². The molecule has 0 bridgehead atoms. The van der Waals surface area contributed by atoms with Crippen LogP contribution in [0, 0.1) is 0 Å². The molecule has 0 radical (unpaired) electrons. The number of carboxylic acid groups (broad SMARTS) is 1. The molecule has 1 heterocycles. The number of urea groups is 1. The molecule has 3 rings (SSSR count). The number of rotatable bonds is 8. The number of fused-ring (bicyclic) bond motifs is 1. The third-order valence-electron chi connectivity index (χ3n) is 5.46. The van der Waals surface area contributed by atoms with E-state index in [2.05, 4.69) is 5.32 Å². The zero-order chi connectivity index (χ0) is 22.4. The van der Waals surface area contributed by atoms with Gasteiger partial charge in [-0.1, -0.05) is 30.3 Å². The second kappa shape index (κ2) is 10.4. The maximum Gasteiger partial charge on any atom is 0.326 e. The van der Waals surface area contributed by atoms with Gasteiger partial charge in [-0.15, -0.1) is 0 Å². The van der Waals surface area contributed by atoms with E-state index in [0.717, 1.165) is 16.7 Å². The van der Waals surface area contributed by atoms with Gasteiger partial charge in [-0.05, 0) is 53.7 Å². The number of carbonyl (C=O) groups excluding carboxylic acids is 1. The zero-order valence-electron chi connectivity index (χ0n) is 18.0. The molecule has 2 N–H and O–H groups in total. The SMILES string of the molecule is COc1cc2c(cc1OC)C(c1ccccc1)N(C(=O)N[C@@H](CCSC)C(=O)O)CC2. The number of amides is 2. The van der Waals surface area contributed by atoms with Crippen molar-refractivity contribution >= 4 is 23.8 Å². The van der Waals surface area contributed by atoms with Crippen molar-refractivity contribution in [3.8, 4) is 11.5 Å². The van der Waals surface area contributed by atoms with Gasteiger partial charge in [0.2, 0.25) is 0 Å². The molecule has 0 saturated heterocycles. The molecule has 2 aromatic carbocycles. The first-order chi connectivity index (χ1) is 15.0. The summed E-state index contributed by atoms with van der Waals surface area (Å²) in [6.07, 6.45) is 2.91. The Bertz CT molecular complexity index is 922. The number of thioether (sulfide) groups is 1. The van der Waals surface area contributed by atoms with Crippen LogP contribution in [0.2, 0.25) is 0 Å². The van der Waals surface area contributed by atoms with Crippen molar-refractivity contribution in [3.05, 3.63) is 59.2 Å². The van der Waals surface area contributed by atoms with Gasteiger partial charge in [0.05, 0.1) is 20.3 Å². The highest BCUT2D eigenvalue weighted by molar-refractivity contribution is 7.98. The predicted molar refractivity (Wildman–Crippen MR) is 121 cm³/mol. The van der Waals surface area contributed by atoms with E-state index in [9.17, 15) is 14.7 Å². The summed E-state index contributed by atoms with van der Waals surface area (Å²) in [5.41, 5.74) is 2.97. The molecule has 31 heavy (non-hydrogen) atoms. The number of carbonyl (C=O) groups is 2. The number of aliphatic carboxylic acids is 1. The third-order valence-corrected chi connectivity index (χ3v) is 6.10. The highest BCUT2D eigenvalue weighted by atomic mass is 32.2. The lowest BCUT2D eigenvalue weighted by atomic mass is 9.88. The van der Waals surface area contributed by atoms with Crippen LogP contribution in [0.1, 0.15) is 29.2 Å². The summed E-state index contributed by atoms with van der Waals surface area (Å²) >= 11 is 1.55. The normalized spacial score (nSPS) is 16.2. The lowest BCUT2D eigenvalue weighted by Crippen LogP contribution is -2.51. The quantitative estimate of drug-likeness (QED) is 0.647. The fourth-order valence-electron chi connectivity index (χ4n) is 3.88. The van der Waals surface area contributed by atoms with Crippen LogP contribution >= 0.6 is 11.8 Å². The maximum absolute atomic E-state index is 13.2. The Balaban J connectivity index is 1.99. The van der Waals surface area contributed by atoms with E-state index in [-0.39, 0.29) is 12.1 Å². The van der Waals surface area contributed by atoms with Crippen molar-refractivity contribution in [1.82, 2.24) is 10.2 Å².